The average molecular weight is 278 g/mol. The Kier molecular flexibility index (Phi) is 5.00. The first kappa shape index (κ1) is 14.1. The van der Waals surface area contributed by atoms with Crippen LogP contribution in [0.15, 0.2) is 36.5 Å². The predicted octanol–water partition coefficient (Wildman–Crippen LogP) is 3.80. The minimum absolute atomic E-state index is 0.267. The van der Waals surface area contributed by atoms with Crippen LogP contribution < -0.4 is 5.32 Å². The Morgan fingerprint density at radius 3 is 2.95 bits per heavy atom. The molecule has 1 unspecified atom stereocenters. The Bertz CT molecular complexity index is 522. The largest absolute Gasteiger partial charge is 0.305 e. The minimum atomic E-state index is 0.267. The van der Waals surface area contributed by atoms with E-state index in [0.29, 0.717) is 0 Å². The van der Waals surface area contributed by atoms with Crippen LogP contribution in [0, 0.1) is 0 Å². The SMILES string of the molecule is CCCn1nccc1CNC(C)c1cccc(Cl)c1. The van der Waals surface area contributed by atoms with Crippen molar-refractivity contribution in [3.8, 4) is 0 Å². The van der Waals surface area contributed by atoms with E-state index in [-0.39, 0.29) is 6.04 Å². The molecule has 0 aliphatic heterocycles. The predicted molar refractivity (Wildman–Crippen MR) is 79.2 cm³/mol. The number of hydrogen-bond acceptors (Lipinski definition) is 2. The fourth-order valence-corrected chi connectivity index (χ4v) is 2.27. The van der Waals surface area contributed by atoms with E-state index in [1.807, 2.05) is 24.4 Å². The van der Waals surface area contributed by atoms with Gasteiger partial charge in [0.05, 0.1) is 5.69 Å². The maximum atomic E-state index is 6.01. The normalized spacial score (nSPS) is 12.6. The van der Waals surface area contributed by atoms with Crippen LogP contribution in [-0.4, -0.2) is 9.78 Å². The van der Waals surface area contributed by atoms with Crippen LogP contribution in [0.25, 0.3) is 0 Å². The number of aromatic nitrogens is 2. The molecule has 4 heteroatoms. The molecular formula is C15H20ClN3. The van der Waals surface area contributed by atoms with E-state index >= 15 is 0 Å². The zero-order chi connectivity index (χ0) is 13.7. The van der Waals surface area contributed by atoms with Gasteiger partial charge < -0.3 is 5.32 Å². The van der Waals surface area contributed by atoms with Gasteiger partial charge in [-0.15, -0.1) is 0 Å². The van der Waals surface area contributed by atoms with E-state index in [0.717, 1.165) is 24.5 Å². The Morgan fingerprint density at radius 1 is 1.37 bits per heavy atom. The van der Waals surface area contributed by atoms with Crippen LogP contribution >= 0.6 is 11.6 Å². The number of nitrogens with one attached hydrogen (secondary N) is 1. The summed E-state index contributed by atoms with van der Waals surface area (Å²) in [5.74, 6) is 0. The van der Waals surface area contributed by atoms with Crippen molar-refractivity contribution in [1.82, 2.24) is 15.1 Å². The van der Waals surface area contributed by atoms with Crippen molar-refractivity contribution in [2.75, 3.05) is 0 Å². The van der Waals surface area contributed by atoms with Gasteiger partial charge in [0.25, 0.3) is 0 Å². The first-order chi connectivity index (χ1) is 9.20. The Morgan fingerprint density at radius 2 is 2.21 bits per heavy atom. The Labute approximate surface area is 119 Å². The van der Waals surface area contributed by atoms with Crippen LogP contribution in [0.4, 0.5) is 0 Å². The third kappa shape index (κ3) is 3.82. The monoisotopic (exact) mass is 277 g/mol. The number of rotatable bonds is 6. The van der Waals surface area contributed by atoms with E-state index in [9.17, 15) is 0 Å². The van der Waals surface area contributed by atoms with E-state index in [1.165, 1.54) is 11.3 Å². The first-order valence-corrected chi connectivity index (χ1v) is 7.08. The van der Waals surface area contributed by atoms with Gasteiger partial charge in [-0.25, -0.2) is 0 Å². The number of hydrogen-bond donors (Lipinski definition) is 1. The topological polar surface area (TPSA) is 29.9 Å². The molecule has 19 heavy (non-hydrogen) atoms. The van der Waals surface area contributed by atoms with Gasteiger partial charge in [-0.3, -0.25) is 4.68 Å². The Balaban J connectivity index is 1.96. The van der Waals surface area contributed by atoms with Crippen molar-refractivity contribution in [3.63, 3.8) is 0 Å². The van der Waals surface area contributed by atoms with Crippen LogP contribution in [0.3, 0.4) is 0 Å². The molecule has 1 atom stereocenters. The molecule has 0 saturated carbocycles. The van der Waals surface area contributed by atoms with E-state index in [4.69, 9.17) is 11.6 Å². The second-order valence-corrected chi connectivity index (χ2v) is 5.14. The maximum Gasteiger partial charge on any atom is 0.0522 e. The summed E-state index contributed by atoms with van der Waals surface area (Å²) in [7, 11) is 0. The Hall–Kier alpha value is -1.32. The maximum absolute atomic E-state index is 6.01. The molecule has 0 bridgehead atoms. The summed E-state index contributed by atoms with van der Waals surface area (Å²) in [4.78, 5) is 0. The molecule has 0 fully saturated rings. The highest BCUT2D eigenvalue weighted by molar-refractivity contribution is 6.30. The number of benzene rings is 1. The second-order valence-electron chi connectivity index (χ2n) is 4.70. The summed E-state index contributed by atoms with van der Waals surface area (Å²) in [5.41, 5.74) is 2.42. The van der Waals surface area contributed by atoms with Gasteiger partial charge in [-0.1, -0.05) is 30.7 Å². The lowest BCUT2D eigenvalue weighted by Crippen LogP contribution is -2.20. The number of nitrogens with zero attached hydrogens (tertiary/aromatic N) is 2. The molecule has 0 saturated heterocycles. The molecule has 1 heterocycles. The van der Waals surface area contributed by atoms with Gasteiger partial charge in [0, 0.05) is 30.4 Å². The minimum Gasteiger partial charge on any atom is -0.305 e. The van der Waals surface area contributed by atoms with Crippen LogP contribution in [0.5, 0.6) is 0 Å². The summed E-state index contributed by atoms with van der Waals surface area (Å²) in [6.07, 6.45) is 2.95. The van der Waals surface area contributed by atoms with Gasteiger partial charge in [0.2, 0.25) is 0 Å². The first-order valence-electron chi connectivity index (χ1n) is 6.70. The summed E-state index contributed by atoms with van der Waals surface area (Å²) < 4.78 is 2.05. The fourth-order valence-electron chi connectivity index (χ4n) is 2.07. The summed E-state index contributed by atoms with van der Waals surface area (Å²) >= 11 is 6.01. The molecule has 102 valence electrons. The zero-order valence-electron chi connectivity index (χ0n) is 11.4. The highest BCUT2D eigenvalue weighted by Crippen LogP contribution is 2.17. The second kappa shape index (κ2) is 6.73. The van der Waals surface area contributed by atoms with Crippen molar-refractivity contribution >= 4 is 11.6 Å². The molecule has 0 aliphatic carbocycles. The van der Waals surface area contributed by atoms with Gasteiger partial charge in [0.15, 0.2) is 0 Å². The van der Waals surface area contributed by atoms with Crippen LogP contribution in [0.2, 0.25) is 5.02 Å². The van der Waals surface area contributed by atoms with Crippen LogP contribution in [-0.2, 0) is 13.1 Å². The average Bonchev–Trinajstić information content (AvgIpc) is 2.84. The molecule has 0 radical (unpaired) electrons. The van der Waals surface area contributed by atoms with Crippen molar-refractivity contribution in [2.24, 2.45) is 0 Å². The van der Waals surface area contributed by atoms with Crippen molar-refractivity contribution in [3.05, 3.63) is 52.8 Å². The summed E-state index contributed by atoms with van der Waals surface area (Å²) in [6, 6.07) is 10.3. The molecule has 2 rings (SSSR count). The molecule has 1 N–H and O–H groups in total. The molecule has 0 amide bonds. The molecule has 1 aromatic carbocycles. The number of aryl methyl sites for hydroxylation is 1. The summed E-state index contributed by atoms with van der Waals surface area (Å²) in [6.45, 7) is 6.09. The van der Waals surface area contributed by atoms with Gasteiger partial charge in [-0.05, 0) is 37.1 Å². The van der Waals surface area contributed by atoms with Crippen molar-refractivity contribution in [2.45, 2.75) is 39.4 Å². The van der Waals surface area contributed by atoms with Crippen LogP contribution in [0.1, 0.15) is 37.6 Å². The molecular weight excluding hydrogens is 258 g/mol. The van der Waals surface area contributed by atoms with Gasteiger partial charge in [-0.2, -0.15) is 5.10 Å². The lowest BCUT2D eigenvalue weighted by Gasteiger charge is -2.15. The molecule has 0 aliphatic rings. The smallest absolute Gasteiger partial charge is 0.0522 e. The zero-order valence-corrected chi connectivity index (χ0v) is 12.2. The lowest BCUT2D eigenvalue weighted by molar-refractivity contribution is 0.517. The van der Waals surface area contributed by atoms with E-state index < -0.39 is 0 Å². The van der Waals surface area contributed by atoms with Crippen molar-refractivity contribution < 1.29 is 0 Å². The van der Waals surface area contributed by atoms with Gasteiger partial charge >= 0.3 is 0 Å². The highest BCUT2D eigenvalue weighted by Gasteiger charge is 2.07. The van der Waals surface area contributed by atoms with Crippen molar-refractivity contribution in [1.29, 1.82) is 0 Å². The van der Waals surface area contributed by atoms with Gasteiger partial charge in [0.1, 0.15) is 0 Å². The highest BCUT2D eigenvalue weighted by atomic mass is 35.5. The molecule has 1 aromatic heterocycles. The number of halogens is 1. The fraction of sp³-hybridized carbons (Fsp3) is 0.400. The van der Waals surface area contributed by atoms with E-state index in [2.05, 4.69) is 41.1 Å². The van der Waals surface area contributed by atoms with E-state index in [1.54, 1.807) is 0 Å². The molecule has 3 nitrogen and oxygen atoms in total. The quantitative estimate of drug-likeness (QED) is 0.870. The standard InChI is InChI=1S/C15H20ClN3/c1-3-9-19-15(7-8-18-19)11-17-12(2)13-5-4-6-14(16)10-13/h4-8,10,12,17H,3,9,11H2,1-2H3. The summed E-state index contributed by atoms with van der Waals surface area (Å²) in [5, 5.41) is 8.61. The molecule has 0 spiro atoms. The molecule has 2 aromatic rings. The third-order valence-corrected chi connectivity index (χ3v) is 3.41. The third-order valence-electron chi connectivity index (χ3n) is 3.18. The lowest BCUT2D eigenvalue weighted by atomic mass is 10.1.